The molecule has 0 amide bonds. The maximum Gasteiger partial charge on any atom is 0.241 e. The minimum Gasteiger partial charge on any atom is -0.399 e. The molecule has 1 heterocycles. The van der Waals surface area contributed by atoms with Crippen molar-refractivity contribution in [3.8, 4) is 0 Å². The summed E-state index contributed by atoms with van der Waals surface area (Å²) in [4.78, 5) is 2.68. The van der Waals surface area contributed by atoms with Crippen LogP contribution in [-0.4, -0.2) is 39.0 Å². The summed E-state index contributed by atoms with van der Waals surface area (Å²) < 4.78 is 27.8. The van der Waals surface area contributed by atoms with E-state index >= 15 is 0 Å². The van der Waals surface area contributed by atoms with Crippen molar-refractivity contribution < 1.29 is 8.42 Å². The monoisotopic (exact) mass is 311 g/mol. The lowest BCUT2D eigenvalue weighted by atomic mass is 10.1. The molecule has 118 valence electrons. The normalized spacial score (nSPS) is 18.0. The van der Waals surface area contributed by atoms with E-state index in [0.717, 1.165) is 13.1 Å². The Hall–Kier alpha value is -1.11. The first-order chi connectivity index (χ1) is 9.81. The highest BCUT2D eigenvalue weighted by Crippen LogP contribution is 2.23. The third-order valence-electron chi connectivity index (χ3n) is 4.08. The molecular weight excluding hydrogens is 286 g/mol. The third kappa shape index (κ3) is 3.75. The molecule has 1 unspecified atom stereocenters. The highest BCUT2D eigenvalue weighted by atomic mass is 32.2. The molecule has 0 radical (unpaired) electrons. The van der Waals surface area contributed by atoms with Crippen LogP contribution in [0.1, 0.15) is 30.9 Å². The van der Waals surface area contributed by atoms with Crippen molar-refractivity contribution in [2.45, 2.75) is 44.6 Å². The molecule has 1 aliphatic rings. The van der Waals surface area contributed by atoms with Crippen molar-refractivity contribution in [1.29, 1.82) is 0 Å². The lowest BCUT2D eigenvalue weighted by Gasteiger charge is -2.24. The van der Waals surface area contributed by atoms with Crippen LogP contribution in [0.15, 0.2) is 17.0 Å². The van der Waals surface area contributed by atoms with Gasteiger partial charge >= 0.3 is 0 Å². The van der Waals surface area contributed by atoms with E-state index in [2.05, 4.69) is 16.5 Å². The zero-order valence-corrected chi connectivity index (χ0v) is 13.8. The molecule has 0 saturated carbocycles. The van der Waals surface area contributed by atoms with Crippen LogP contribution < -0.4 is 10.5 Å². The Bertz CT molecular complexity index is 584. The topological polar surface area (TPSA) is 75.4 Å². The molecule has 0 aromatic heterocycles. The van der Waals surface area contributed by atoms with Crippen LogP contribution in [0.5, 0.6) is 0 Å². The zero-order valence-electron chi connectivity index (χ0n) is 13.0. The van der Waals surface area contributed by atoms with Gasteiger partial charge in [0.05, 0.1) is 4.90 Å². The molecule has 6 heteroatoms. The molecule has 1 atom stereocenters. The molecule has 0 aliphatic carbocycles. The van der Waals surface area contributed by atoms with E-state index in [0.29, 0.717) is 28.3 Å². The number of aryl methyl sites for hydroxylation is 2. The van der Waals surface area contributed by atoms with Crippen LogP contribution in [0.25, 0.3) is 0 Å². The number of nitrogens with one attached hydrogen (secondary N) is 1. The standard InChI is InChI=1S/C15H25N3O2S/c1-11-8-14(16)9-12(2)15(11)21(19,20)17-10-13(3)18-6-4-5-7-18/h8-9,13,17H,4-7,10,16H2,1-3H3. The summed E-state index contributed by atoms with van der Waals surface area (Å²) >= 11 is 0. The van der Waals surface area contributed by atoms with Crippen molar-refractivity contribution in [3.63, 3.8) is 0 Å². The molecule has 5 nitrogen and oxygen atoms in total. The number of benzene rings is 1. The summed E-state index contributed by atoms with van der Waals surface area (Å²) in [6, 6.07) is 3.62. The van der Waals surface area contributed by atoms with Crippen LogP contribution in [-0.2, 0) is 10.0 Å². The Morgan fingerprint density at radius 3 is 2.29 bits per heavy atom. The lowest BCUT2D eigenvalue weighted by Crippen LogP contribution is -2.40. The van der Waals surface area contributed by atoms with E-state index in [9.17, 15) is 8.42 Å². The number of rotatable bonds is 5. The molecule has 3 N–H and O–H groups in total. The second kappa shape index (κ2) is 6.34. The number of likely N-dealkylation sites (tertiary alicyclic amines) is 1. The molecule has 1 aromatic carbocycles. The number of nitrogen functional groups attached to an aromatic ring is 1. The molecule has 2 rings (SSSR count). The van der Waals surface area contributed by atoms with E-state index < -0.39 is 10.0 Å². The van der Waals surface area contributed by atoms with Crippen molar-refractivity contribution in [2.75, 3.05) is 25.4 Å². The summed E-state index contributed by atoms with van der Waals surface area (Å²) in [7, 11) is -3.50. The van der Waals surface area contributed by atoms with Gasteiger partial charge in [-0.05, 0) is 70.0 Å². The molecule has 21 heavy (non-hydrogen) atoms. The second-order valence-corrected chi connectivity index (χ2v) is 7.63. The minimum absolute atomic E-state index is 0.219. The van der Waals surface area contributed by atoms with E-state index in [1.165, 1.54) is 12.8 Å². The molecule has 1 aromatic rings. The number of hydrogen-bond acceptors (Lipinski definition) is 4. The fraction of sp³-hybridized carbons (Fsp3) is 0.600. The number of hydrogen-bond donors (Lipinski definition) is 2. The Kier molecular flexibility index (Phi) is 4.91. The Morgan fingerprint density at radius 1 is 1.24 bits per heavy atom. The summed E-state index contributed by atoms with van der Waals surface area (Å²) in [6.07, 6.45) is 2.40. The van der Waals surface area contributed by atoms with Gasteiger partial charge in [0.25, 0.3) is 0 Å². The second-order valence-electron chi connectivity index (χ2n) is 5.93. The van der Waals surface area contributed by atoms with Crippen LogP contribution in [0.4, 0.5) is 5.69 Å². The van der Waals surface area contributed by atoms with Gasteiger partial charge in [0.2, 0.25) is 10.0 Å². The summed E-state index contributed by atoms with van der Waals surface area (Å²) in [5.41, 5.74) is 7.72. The maximum absolute atomic E-state index is 12.5. The molecule has 0 bridgehead atoms. The van der Waals surface area contributed by atoms with Gasteiger partial charge in [-0.1, -0.05) is 0 Å². The van der Waals surface area contributed by atoms with Crippen LogP contribution in [0.3, 0.4) is 0 Å². The Balaban J connectivity index is 2.11. The predicted molar refractivity (Wildman–Crippen MR) is 85.8 cm³/mol. The summed E-state index contributed by atoms with van der Waals surface area (Å²) in [6.45, 7) is 8.18. The van der Waals surface area contributed by atoms with E-state index in [1.807, 2.05) is 0 Å². The first kappa shape index (κ1) is 16.3. The average Bonchev–Trinajstić information content (AvgIpc) is 2.88. The predicted octanol–water partition coefficient (Wildman–Crippen LogP) is 1.65. The highest BCUT2D eigenvalue weighted by Gasteiger charge is 2.23. The van der Waals surface area contributed by atoms with Gasteiger partial charge in [0.1, 0.15) is 0 Å². The smallest absolute Gasteiger partial charge is 0.241 e. The number of nitrogens with zero attached hydrogens (tertiary/aromatic N) is 1. The van der Waals surface area contributed by atoms with Gasteiger partial charge < -0.3 is 5.73 Å². The minimum atomic E-state index is -3.50. The SMILES string of the molecule is Cc1cc(N)cc(C)c1S(=O)(=O)NCC(C)N1CCCC1. The van der Waals surface area contributed by atoms with E-state index in [4.69, 9.17) is 5.73 Å². The molecule has 1 aliphatic heterocycles. The fourth-order valence-corrected chi connectivity index (χ4v) is 4.59. The van der Waals surface area contributed by atoms with Gasteiger partial charge in [-0.25, -0.2) is 13.1 Å². The lowest BCUT2D eigenvalue weighted by molar-refractivity contribution is 0.260. The van der Waals surface area contributed by atoms with Gasteiger partial charge in [-0.3, -0.25) is 4.90 Å². The first-order valence-corrected chi connectivity index (χ1v) is 8.90. The van der Waals surface area contributed by atoms with Crippen molar-refractivity contribution in [2.24, 2.45) is 0 Å². The molecular formula is C15H25N3O2S. The van der Waals surface area contributed by atoms with Crippen molar-refractivity contribution in [1.82, 2.24) is 9.62 Å². The largest absolute Gasteiger partial charge is 0.399 e. The van der Waals surface area contributed by atoms with Gasteiger partial charge in [-0.15, -0.1) is 0 Å². The Labute approximate surface area is 127 Å². The van der Waals surface area contributed by atoms with Crippen LogP contribution in [0.2, 0.25) is 0 Å². The van der Waals surface area contributed by atoms with Crippen molar-refractivity contribution in [3.05, 3.63) is 23.3 Å². The molecule has 1 saturated heterocycles. The van der Waals surface area contributed by atoms with Gasteiger partial charge in [-0.2, -0.15) is 0 Å². The molecule has 0 spiro atoms. The van der Waals surface area contributed by atoms with Crippen LogP contribution >= 0.6 is 0 Å². The zero-order chi connectivity index (χ0) is 15.6. The van der Waals surface area contributed by atoms with E-state index in [-0.39, 0.29) is 6.04 Å². The quantitative estimate of drug-likeness (QED) is 0.811. The van der Waals surface area contributed by atoms with E-state index in [1.54, 1.807) is 26.0 Å². The highest BCUT2D eigenvalue weighted by molar-refractivity contribution is 7.89. The summed E-state index contributed by atoms with van der Waals surface area (Å²) in [5, 5.41) is 0. The van der Waals surface area contributed by atoms with Gasteiger partial charge in [0, 0.05) is 18.3 Å². The van der Waals surface area contributed by atoms with Crippen LogP contribution in [0, 0.1) is 13.8 Å². The third-order valence-corrected chi connectivity index (χ3v) is 5.81. The number of nitrogens with two attached hydrogens (primary N) is 1. The summed E-state index contributed by atoms with van der Waals surface area (Å²) in [5.74, 6) is 0. The van der Waals surface area contributed by atoms with Crippen molar-refractivity contribution >= 4 is 15.7 Å². The average molecular weight is 311 g/mol. The Morgan fingerprint density at radius 2 is 1.76 bits per heavy atom. The maximum atomic E-state index is 12.5. The first-order valence-electron chi connectivity index (χ1n) is 7.41. The number of sulfonamides is 1. The number of anilines is 1. The molecule has 1 fully saturated rings. The fourth-order valence-electron chi connectivity index (χ4n) is 3.02. The van der Waals surface area contributed by atoms with Gasteiger partial charge in [0.15, 0.2) is 0 Å².